The van der Waals surface area contributed by atoms with Gasteiger partial charge in [-0.15, -0.1) is 0 Å². The topological polar surface area (TPSA) is 66.0 Å². The fourth-order valence-corrected chi connectivity index (χ4v) is 2.09. The molecule has 0 aliphatic rings. The average molecular weight is 266 g/mol. The summed E-state index contributed by atoms with van der Waals surface area (Å²) in [6.45, 7) is 0. The van der Waals surface area contributed by atoms with E-state index in [-0.39, 0.29) is 0 Å². The molecule has 1 aromatic carbocycles. The van der Waals surface area contributed by atoms with Gasteiger partial charge in [-0.2, -0.15) is 0 Å². The van der Waals surface area contributed by atoms with Crippen LogP contribution in [0.3, 0.4) is 0 Å². The van der Waals surface area contributed by atoms with Gasteiger partial charge >= 0.3 is 0 Å². The minimum absolute atomic E-state index is 0.690. The lowest BCUT2D eigenvalue weighted by molar-refractivity contribution is 0.411. The third-order valence-corrected chi connectivity index (χ3v) is 2.98. The monoisotopic (exact) mass is 266 g/mol. The zero-order valence-corrected chi connectivity index (χ0v) is 11.0. The van der Waals surface area contributed by atoms with Crippen LogP contribution < -0.4 is 10.5 Å². The van der Waals surface area contributed by atoms with E-state index in [1.54, 1.807) is 19.5 Å². The summed E-state index contributed by atoms with van der Waals surface area (Å²) in [4.78, 5) is 8.76. The Kier molecular flexibility index (Phi) is 3.09. The molecule has 0 fully saturated rings. The molecule has 100 valence electrons. The zero-order chi connectivity index (χ0) is 13.9. The van der Waals surface area contributed by atoms with E-state index in [1.807, 2.05) is 47.2 Å². The number of nitrogen functional groups attached to an aromatic ring is 1. The van der Waals surface area contributed by atoms with E-state index in [0.717, 1.165) is 11.4 Å². The maximum Gasteiger partial charge on any atom is 0.181 e. The standard InChI is InChI=1S/C15H14N4O/c1-20-13-6-3-7-17-15(13)19-9-8-18-14(19)11-4-2-5-12(16)10-11/h2-10H,16H2,1H3. The van der Waals surface area contributed by atoms with Crippen LogP contribution in [-0.2, 0) is 0 Å². The fraction of sp³-hybridized carbons (Fsp3) is 0.0667. The minimum Gasteiger partial charge on any atom is -0.493 e. The number of nitrogens with two attached hydrogens (primary N) is 1. The first kappa shape index (κ1) is 12.2. The zero-order valence-electron chi connectivity index (χ0n) is 11.0. The van der Waals surface area contributed by atoms with Crippen LogP contribution in [-0.4, -0.2) is 21.6 Å². The summed E-state index contributed by atoms with van der Waals surface area (Å²) in [6, 6.07) is 11.3. The molecule has 2 aromatic heterocycles. The molecule has 0 aliphatic heterocycles. The van der Waals surface area contributed by atoms with E-state index in [0.29, 0.717) is 17.3 Å². The second kappa shape index (κ2) is 5.05. The molecule has 2 N–H and O–H groups in total. The van der Waals surface area contributed by atoms with Crippen molar-refractivity contribution in [3.05, 3.63) is 55.0 Å². The Labute approximate surface area is 116 Å². The lowest BCUT2D eigenvalue weighted by Gasteiger charge is -2.11. The van der Waals surface area contributed by atoms with Crippen molar-refractivity contribution in [1.29, 1.82) is 0 Å². The number of rotatable bonds is 3. The molecule has 0 bridgehead atoms. The summed E-state index contributed by atoms with van der Waals surface area (Å²) in [7, 11) is 1.62. The molecule has 0 spiro atoms. The van der Waals surface area contributed by atoms with Crippen molar-refractivity contribution in [2.24, 2.45) is 0 Å². The highest BCUT2D eigenvalue weighted by Gasteiger charge is 2.12. The Balaban J connectivity index is 2.15. The molecule has 0 saturated carbocycles. The van der Waals surface area contributed by atoms with Gasteiger partial charge in [0, 0.05) is 29.8 Å². The van der Waals surface area contributed by atoms with Crippen molar-refractivity contribution in [2.45, 2.75) is 0 Å². The largest absolute Gasteiger partial charge is 0.493 e. The Hall–Kier alpha value is -2.82. The number of nitrogens with zero attached hydrogens (tertiary/aromatic N) is 3. The van der Waals surface area contributed by atoms with Crippen LogP contribution >= 0.6 is 0 Å². The van der Waals surface area contributed by atoms with Crippen LogP contribution in [0.1, 0.15) is 0 Å². The predicted octanol–water partition coefficient (Wildman–Crippen LogP) is 2.53. The number of aromatic nitrogens is 3. The average Bonchev–Trinajstić information content (AvgIpc) is 2.96. The Morgan fingerprint density at radius 1 is 1.10 bits per heavy atom. The van der Waals surface area contributed by atoms with E-state index in [9.17, 15) is 0 Å². The molecule has 0 atom stereocenters. The number of methoxy groups -OCH3 is 1. The van der Waals surface area contributed by atoms with Crippen molar-refractivity contribution in [3.63, 3.8) is 0 Å². The maximum absolute atomic E-state index is 5.83. The van der Waals surface area contributed by atoms with E-state index in [4.69, 9.17) is 10.5 Å². The fourth-order valence-electron chi connectivity index (χ4n) is 2.09. The highest BCUT2D eigenvalue weighted by Crippen LogP contribution is 2.26. The lowest BCUT2D eigenvalue weighted by Crippen LogP contribution is -2.02. The van der Waals surface area contributed by atoms with Crippen LogP contribution in [0.5, 0.6) is 5.75 Å². The minimum atomic E-state index is 0.690. The van der Waals surface area contributed by atoms with Gasteiger partial charge in [-0.25, -0.2) is 9.97 Å². The van der Waals surface area contributed by atoms with Crippen LogP contribution in [0.25, 0.3) is 17.2 Å². The molecule has 5 nitrogen and oxygen atoms in total. The first-order valence-electron chi connectivity index (χ1n) is 6.18. The molecule has 5 heteroatoms. The van der Waals surface area contributed by atoms with Gasteiger partial charge in [-0.1, -0.05) is 12.1 Å². The molecule has 0 amide bonds. The molecule has 0 unspecified atom stereocenters. The molecule has 0 radical (unpaired) electrons. The molecular weight excluding hydrogens is 252 g/mol. The van der Waals surface area contributed by atoms with Crippen molar-refractivity contribution in [1.82, 2.24) is 14.5 Å². The highest BCUT2D eigenvalue weighted by atomic mass is 16.5. The highest BCUT2D eigenvalue weighted by molar-refractivity contribution is 5.63. The van der Waals surface area contributed by atoms with E-state index in [2.05, 4.69) is 9.97 Å². The Morgan fingerprint density at radius 3 is 2.80 bits per heavy atom. The number of pyridine rings is 1. The Morgan fingerprint density at radius 2 is 2.00 bits per heavy atom. The van der Waals surface area contributed by atoms with Gasteiger partial charge in [0.2, 0.25) is 0 Å². The van der Waals surface area contributed by atoms with Gasteiger partial charge in [-0.05, 0) is 24.3 Å². The van der Waals surface area contributed by atoms with Crippen LogP contribution in [0.15, 0.2) is 55.0 Å². The quantitative estimate of drug-likeness (QED) is 0.740. The number of hydrogen-bond donors (Lipinski definition) is 1. The van der Waals surface area contributed by atoms with Gasteiger partial charge in [-0.3, -0.25) is 4.57 Å². The van der Waals surface area contributed by atoms with Gasteiger partial charge in [0.25, 0.3) is 0 Å². The molecule has 0 aliphatic carbocycles. The summed E-state index contributed by atoms with van der Waals surface area (Å²) in [5, 5.41) is 0. The molecule has 3 aromatic rings. The molecule has 2 heterocycles. The Bertz CT molecular complexity index is 736. The first-order valence-corrected chi connectivity index (χ1v) is 6.18. The van der Waals surface area contributed by atoms with Gasteiger partial charge in [0.05, 0.1) is 7.11 Å². The molecule has 3 rings (SSSR count). The number of hydrogen-bond acceptors (Lipinski definition) is 4. The van der Waals surface area contributed by atoms with Crippen molar-refractivity contribution < 1.29 is 4.74 Å². The smallest absolute Gasteiger partial charge is 0.181 e. The van der Waals surface area contributed by atoms with Crippen LogP contribution in [0, 0.1) is 0 Å². The van der Waals surface area contributed by atoms with Crippen LogP contribution in [0.2, 0.25) is 0 Å². The number of imidazole rings is 1. The number of anilines is 1. The van der Waals surface area contributed by atoms with E-state index in [1.165, 1.54) is 0 Å². The first-order chi connectivity index (χ1) is 9.79. The predicted molar refractivity (Wildman–Crippen MR) is 77.8 cm³/mol. The van der Waals surface area contributed by atoms with Gasteiger partial charge in [0.15, 0.2) is 11.6 Å². The summed E-state index contributed by atoms with van der Waals surface area (Å²) in [5.74, 6) is 2.16. The van der Waals surface area contributed by atoms with Crippen molar-refractivity contribution in [2.75, 3.05) is 12.8 Å². The molecule has 0 saturated heterocycles. The van der Waals surface area contributed by atoms with Crippen molar-refractivity contribution in [3.8, 4) is 23.0 Å². The van der Waals surface area contributed by atoms with Crippen molar-refractivity contribution >= 4 is 5.69 Å². The third kappa shape index (κ3) is 2.09. The normalized spacial score (nSPS) is 10.4. The number of benzene rings is 1. The SMILES string of the molecule is COc1cccnc1-n1ccnc1-c1cccc(N)c1. The van der Waals surface area contributed by atoms with E-state index >= 15 is 0 Å². The molecular formula is C15H14N4O. The summed E-state index contributed by atoms with van der Waals surface area (Å²) >= 11 is 0. The second-order valence-electron chi connectivity index (χ2n) is 4.28. The maximum atomic E-state index is 5.83. The second-order valence-corrected chi connectivity index (χ2v) is 4.28. The third-order valence-electron chi connectivity index (χ3n) is 2.98. The summed E-state index contributed by atoms with van der Waals surface area (Å²) in [5.41, 5.74) is 7.46. The summed E-state index contributed by atoms with van der Waals surface area (Å²) in [6.07, 6.45) is 5.30. The summed E-state index contributed by atoms with van der Waals surface area (Å²) < 4.78 is 7.23. The van der Waals surface area contributed by atoms with Gasteiger partial charge in [0.1, 0.15) is 5.82 Å². The lowest BCUT2D eigenvalue weighted by atomic mass is 10.2. The molecule has 20 heavy (non-hydrogen) atoms. The van der Waals surface area contributed by atoms with E-state index < -0.39 is 0 Å². The number of ether oxygens (including phenoxy) is 1. The van der Waals surface area contributed by atoms with Crippen LogP contribution in [0.4, 0.5) is 5.69 Å². The van der Waals surface area contributed by atoms with Gasteiger partial charge < -0.3 is 10.5 Å².